The molecule has 0 bridgehead atoms. The molecular formula is C10H16O. The molecule has 0 amide bonds. The van der Waals surface area contributed by atoms with Gasteiger partial charge >= 0.3 is 0 Å². The first-order chi connectivity index (χ1) is 5.23. The first-order valence-corrected chi connectivity index (χ1v) is 4.76. The Morgan fingerprint density at radius 3 is 2.82 bits per heavy atom. The predicted molar refractivity (Wildman–Crippen MR) is 44.2 cm³/mol. The number of fused-ring (bicyclic) bond motifs is 1. The monoisotopic (exact) mass is 152 g/mol. The van der Waals surface area contributed by atoms with Gasteiger partial charge < -0.3 is 0 Å². The van der Waals surface area contributed by atoms with Crippen molar-refractivity contribution in [2.75, 3.05) is 0 Å². The summed E-state index contributed by atoms with van der Waals surface area (Å²) in [6.45, 7) is 4.24. The molecule has 62 valence electrons. The molecule has 0 aliphatic heterocycles. The van der Waals surface area contributed by atoms with Crippen LogP contribution >= 0.6 is 0 Å². The third kappa shape index (κ3) is 0.692. The topological polar surface area (TPSA) is 17.1 Å². The second-order valence-corrected chi connectivity index (χ2v) is 4.10. The van der Waals surface area contributed by atoms with E-state index in [0.29, 0.717) is 11.7 Å². The predicted octanol–water partition coefficient (Wildman–Crippen LogP) is 2.40. The fourth-order valence-electron chi connectivity index (χ4n) is 3.19. The lowest BCUT2D eigenvalue weighted by atomic mass is 9.93. The smallest absolute Gasteiger partial charge is 0.139 e. The number of Topliss-reactive ketones (excluding diaryl/α,β-unsaturated/α-hetero) is 1. The van der Waals surface area contributed by atoms with Crippen molar-refractivity contribution < 1.29 is 4.79 Å². The number of rotatable bonds is 2. The van der Waals surface area contributed by atoms with Crippen LogP contribution in [0.4, 0.5) is 0 Å². The van der Waals surface area contributed by atoms with Gasteiger partial charge in [-0.25, -0.2) is 0 Å². The summed E-state index contributed by atoms with van der Waals surface area (Å²) in [5.41, 5.74) is 0.189. The molecule has 0 unspecified atom stereocenters. The number of carbonyl (C=O) groups excluding carboxylic acids is 1. The zero-order valence-corrected chi connectivity index (χ0v) is 7.39. The number of ketones is 1. The summed E-state index contributed by atoms with van der Waals surface area (Å²) in [7, 11) is 0. The molecule has 0 aromatic carbocycles. The van der Waals surface area contributed by atoms with Crippen LogP contribution in [-0.2, 0) is 4.79 Å². The van der Waals surface area contributed by atoms with E-state index in [1.807, 2.05) is 6.92 Å². The highest BCUT2D eigenvalue weighted by atomic mass is 16.1. The van der Waals surface area contributed by atoms with Gasteiger partial charge in [0.05, 0.1) is 0 Å². The van der Waals surface area contributed by atoms with E-state index in [9.17, 15) is 4.79 Å². The first kappa shape index (κ1) is 7.33. The highest BCUT2D eigenvalue weighted by Crippen LogP contribution is 2.68. The van der Waals surface area contributed by atoms with Gasteiger partial charge in [-0.15, -0.1) is 0 Å². The van der Waals surface area contributed by atoms with Crippen LogP contribution in [-0.4, -0.2) is 5.78 Å². The number of carbonyl (C=O) groups is 1. The van der Waals surface area contributed by atoms with Crippen molar-refractivity contribution in [2.45, 2.75) is 39.5 Å². The molecule has 0 aromatic heterocycles. The van der Waals surface area contributed by atoms with Gasteiger partial charge in [0.1, 0.15) is 5.78 Å². The van der Waals surface area contributed by atoms with Gasteiger partial charge in [0.2, 0.25) is 0 Å². The Morgan fingerprint density at radius 1 is 1.64 bits per heavy atom. The van der Waals surface area contributed by atoms with E-state index in [-0.39, 0.29) is 5.41 Å². The van der Waals surface area contributed by atoms with Gasteiger partial charge in [0, 0.05) is 11.8 Å². The largest absolute Gasteiger partial charge is 0.299 e. The molecule has 0 aromatic rings. The van der Waals surface area contributed by atoms with Crippen LogP contribution < -0.4 is 0 Å². The maximum atomic E-state index is 11.6. The van der Waals surface area contributed by atoms with Crippen LogP contribution in [0.15, 0.2) is 0 Å². The molecule has 2 aliphatic carbocycles. The minimum atomic E-state index is 0.189. The lowest BCUT2D eigenvalue weighted by molar-refractivity contribution is -0.124. The van der Waals surface area contributed by atoms with Crippen molar-refractivity contribution in [1.29, 1.82) is 0 Å². The Morgan fingerprint density at radius 2 is 2.36 bits per heavy atom. The molecule has 2 rings (SSSR count). The molecule has 1 nitrogen and oxygen atoms in total. The average Bonchev–Trinajstić information content (AvgIpc) is 2.51. The Hall–Kier alpha value is -0.330. The van der Waals surface area contributed by atoms with Gasteiger partial charge in [0.25, 0.3) is 0 Å². The zero-order chi connectivity index (χ0) is 8.06. The fourth-order valence-corrected chi connectivity index (χ4v) is 3.19. The van der Waals surface area contributed by atoms with Gasteiger partial charge in [-0.05, 0) is 24.7 Å². The molecule has 3 atom stereocenters. The lowest BCUT2D eigenvalue weighted by Gasteiger charge is -2.09. The maximum Gasteiger partial charge on any atom is 0.139 e. The second-order valence-electron chi connectivity index (χ2n) is 4.10. The molecule has 0 spiro atoms. The summed E-state index contributed by atoms with van der Waals surface area (Å²) in [4.78, 5) is 11.6. The van der Waals surface area contributed by atoms with E-state index in [1.54, 1.807) is 0 Å². The Labute approximate surface area is 68.2 Å². The van der Waals surface area contributed by atoms with E-state index >= 15 is 0 Å². The van der Waals surface area contributed by atoms with Crippen molar-refractivity contribution in [1.82, 2.24) is 0 Å². The third-order valence-corrected chi connectivity index (χ3v) is 3.91. The molecule has 2 aliphatic rings. The van der Waals surface area contributed by atoms with Crippen molar-refractivity contribution in [3.05, 3.63) is 0 Å². The molecule has 2 fully saturated rings. The van der Waals surface area contributed by atoms with Crippen LogP contribution in [0.2, 0.25) is 0 Å². The molecule has 1 heteroatoms. The normalized spacial score (nSPS) is 47.1. The maximum absolute atomic E-state index is 11.6. The molecule has 11 heavy (non-hydrogen) atoms. The molecule has 2 saturated carbocycles. The van der Waals surface area contributed by atoms with Crippen LogP contribution in [0.25, 0.3) is 0 Å². The summed E-state index contributed by atoms with van der Waals surface area (Å²) in [5.74, 6) is 2.02. The number of hydrogen-bond donors (Lipinski definition) is 0. The zero-order valence-electron chi connectivity index (χ0n) is 7.39. The Bertz CT molecular complexity index is 197. The van der Waals surface area contributed by atoms with E-state index in [1.165, 1.54) is 19.3 Å². The molecule has 0 saturated heterocycles. The van der Waals surface area contributed by atoms with Crippen LogP contribution in [0.1, 0.15) is 39.5 Å². The van der Waals surface area contributed by atoms with Gasteiger partial charge in [0.15, 0.2) is 0 Å². The second kappa shape index (κ2) is 2.09. The molecular weight excluding hydrogens is 136 g/mol. The minimum absolute atomic E-state index is 0.189. The quantitative estimate of drug-likeness (QED) is 0.593. The Kier molecular flexibility index (Phi) is 1.39. The van der Waals surface area contributed by atoms with Gasteiger partial charge in [-0.1, -0.05) is 20.3 Å². The number of hydrogen-bond acceptors (Lipinski definition) is 1. The molecule has 0 heterocycles. The van der Waals surface area contributed by atoms with Crippen molar-refractivity contribution >= 4 is 5.78 Å². The fraction of sp³-hybridized carbons (Fsp3) is 0.900. The van der Waals surface area contributed by atoms with Crippen molar-refractivity contribution in [2.24, 2.45) is 17.3 Å². The van der Waals surface area contributed by atoms with Gasteiger partial charge in [-0.3, -0.25) is 4.79 Å². The van der Waals surface area contributed by atoms with E-state index < -0.39 is 0 Å². The van der Waals surface area contributed by atoms with Crippen LogP contribution in [0, 0.1) is 17.3 Å². The van der Waals surface area contributed by atoms with E-state index in [2.05, 4.69) is 6.92 Å². The standard InChI is InChI=1S/C10H16O/c1-3-9(11)10-6-4-5-8(10)7(10)2/h7-8H,3-6H2,1-2H3/t7-,8+,10-/m0/s1. The summed E-state index contributed by atoms with van der Waals surface area (Å²) in [6.07, 6.45) is 4.54. The summed E-state index contributed by atoms with van der Waals surface area (Å²) >= 11 is 0. The van der Waals surface area contributed by atoms with E-state index in [4.69, 9.17) is 0 Å². The SMILES string of the molecule is CCC(=O)[C@]12CCC[C@@H]1[C@@H]2C. The van der Waals surface area contributed by atoms with E-state index in [0.717, 1.165) is 12.3 Å². The first-order valence-electron chi connectivity index (χ1n) is 4.76. The summed E-state index contributed by atoms with van der Waals surface area (Å²) < 4.78 is 0. The minimum Gasteiger partial charge on any atom is -0.299 e. The molecule has 0 N–H and O–H groups in total. The van der Waals surface area contributed by atoms with Crippen molar-refractivity contribution in [3.63, 3.8) is 0 Å². The summed E-state index contributed by atoms with van der Waals surface area (Å²) in [5, 5.41) is 0. The van der Waals surface area contributed by atoms with Crippen molar-refractivity contribution in [3.8, 4) is 0 Å². The third-order valence-electron chi connectivity index (χ3n) is 3.91. The summed E-state index contributed by atoms with van der Waals surface area (Å²) in [6, 6.07) is 0. The highest BCUT2D eigenvalue weighted by molar-refractivity contribution is 5.88. The van der Waals surface area contributed by atoms with Gasteiger partial charge in [-0.2, -0.15) is 0 Å². The van der Waals surface area contributed by atoms with Crippen LogP contribution in [0.3, 0.4) is 0 Å². The average molecular weight is 152 g/mol. The highest BCUT2D eigenvalue weighted by Gasteiger charge is 2.67. The Balaban J connectivity index is 2.17. The van der Waals surface area contributed by atoms with Crippen LogP contribution in [0.5, 0.6) is 0 Å². The molecule has 0 radical (unpaired) electrons. The lowest BCUT2D eigenvalue weighted by Crippen LogP contribution is -2.15.